The van der Waals surface area contributed by atoms with Crippen LogP contribution in [-0.4, -0.2) is 53.8 Å². The highest BCUT2D eigenvalue weighted by atomic mass is 35.5. The molecule has 9 heteroatoms. The molecular formula is C20H26ClN5O3. The maximum Gasteiger partial charge on any atom is 0.256 e. The molecule has 3 N–H and O–H groups in total. The third kappa shape index (κ3) is 4.89. The number of aromatic nitrogens is 2. The predicted octanol–water partition coefficient (Wildman–Crippen LogP) is 2.46. The largest absolute Gasteiger partial charge is 0.495 e. The van der Waals surface area contributed by atoms with E-state index in [9.17, 15) is 9.90 Å². The topological polar surface area (TPSA) is 99.6 Å². The van der Waals surface area contributed by atoms with Crippen molar-refractivity contribution in [2.75, 3.05) is 37.0 Å². The number of amides is 1. The Bertz CT molecular complexity index is 864. The Balaban J connectivity index is 1.86. The summed E-state index contributed by atoms with van der Waals surface area (Å²) in [6.45, 7) is 3.62. The summed E-state index contributed by atoms with van der Waals surface area (Å²) in [6.07, 6.45) is 3.40. The van der Waals surface area contributed by atoms with Gasteiger partial charge >= 0.3 is 0 Å². The molecule has 2 heterocycles. The van der Waals surface area contributed by atoms with Crippen molar-refractivity contribution in [2.45, 2.75) is 32.4 Å². The van der Waals surface area contributed by atoms with E-state index in [2.05, 4.69) is 20.6 Å². The molecule has 1 aliphatic rings. The lowest BCUT2D eigenvalue weighted by atomic mass is 10.2. The first-order chi connectivity index (χ1) is 14.1. The molecule has 8 nitrogen and oxygen atoms in total. The van der Waals surface area contributed by atoms with Crippen molar-refractivity contribution in [3.05, 3.63) is 40.5 Å². The predicted molar refractivity (Wildman–Crippen MR) is 113 cm³/mol. The van der Waals surface area contributed by atoms with Crippen molar-refractivity contribution in [3.8, 4) is 5.75 Å². The van der Waals surface area contributed by atoms with E-state index in [1.54, 1.807) is 13.2 Å². The molecule has 1 atom stereocenters. The zero-order chi connectivity index (χ0) is 20.8. The Morgan fingerprint density at radius 3 is 2.97 bits per heavy atom. The standard InChI is InChI=1S/C20H26ClN5O3/c1-3-22-19(28)15-11-24-20(26-8-4-5-14(26)12-27)25-18(15)23-10-13-6-7-17(29-2)16(21)9-13/h6-7,9,11,14,27H,3-5,8,10,12H2,1-2H3,(H,22,28)(H,23,24,25)/t14-/m0/s1. The number of hydrogen-bond donors (Lipinski definition) is 3. The average Bonchev–Trinajstić information content (AvgIpc) is 3.21. The second-order valence-electron chi connectivity index (χ2n) is 6.79. The summed E-state index contributed by atoms with van der Waals surface area (Å²) < 4.78 is 5.18. The van der Waals surface area contributed by atoms with Crippen LogP contribution in [0.4, 0.5) is 11.8 Å². The minimum Gasteiger partial charge on any atom is -0.495 e. The maximum absolute atomic E-state index is 12.4. The van der Waals surface area contributed by atoms with Crippen LogP contribution in [0, 0.1) is 0 Å². The third-order valence-electron chi connectivity index (χ3n) is 4.88. The Kier molecular flexibility index (Phi) is 7.11. The van der Waals surface area contributed by atoms with E-state index < -0.39 is 0 Å². The van der Waals surface area contributed by atoms with Crippen LogP contribution in [0.15, 0.2) is 24.4 Å². The maximum atomic E-state index is 12.4. The number of benzene rings is 1. The monoisotopic (exact) mass is 419 g/mol. The van der Waals surface area contributed by atoms with Crippen molar-refractivity contribution in [2.24, 2.45) is 0 Å². The molecule has 3 rings (SSSR count). The van der Waals surface area contributed by atoms with E-state index in [0.717, 1.165) is 24.9 Å². The first-order valence-electron chi connectivity index (χ1n) is 9.66. The number of aliphatic hydroxyl groups excluding tert-OH is 1. The van der Waals surface area contributed by atoms with Crippen LogP contribution >= 0.6 is 11.6 Å². The van der Waals surface area contributed by atoms with Gasteiger partial charge in [-0.15, -0.1) is 0 Å². The zero-order valence-corrected chi connectivity index (χ0v) is 17.4. The lowest BCUT2D eigenvalue weighted by Gasteiger charge is -2.24. The fourth-order valence-corrected chi connectivity index (χ4v) is 3.64. The molecule has 0 unspecified atom stereocenters. The van der Waals surface area contributed by atoms with Gasteiger partial charge in [-0.1, -0.05) is 17.7 Å². The van der Waals surface area contributed by atoms with Crippen molar-refractivity contribution >= 4 is 29.3 Å². The number of nitrogens with zero attached hydrogens (tertiary/aromatic N) is 3. The minimum atomic E-state index is -0.241. The SMILES string of the molecule is CCNC(=O)c1cnc(N2CCC[C@H]2CO)nc1NCc1ccc(OC)c(Cl)c1. The van der Waals surface area contributed by atoms with Gasteiger partial charge in [0.25, 0.3) is 5.91 Å². The van der Waals surface area contributed by atoms with E-state index in [-0.39, 0.29) is 18.6 Å². The van der Waals surface area contributed by atoms with E-state index in [1.165, 1.54) is 6.20 Å². The normalized spacial score (nSPS) is 16.0. The summed E-state index contributed by atoms with van der Waals surface area (Å²) >= 11 is 6.20. The minimum absolute atomic E-state index is 0.00133. The quantitative estimate of drug-likeness (QED) is 0.604. The molecule has 156 valence electrons. The second kappa shape index (κ2) is 9.76. The van der Waals surface area contributed by atoms with Gasteiger partial charge in [0.15, 0.2) is 0 Å². The summed E-state index contributed by atoms with van der Waals surface area (Å²) in [5.74, 6) is 1.31. The van der Waals surface area contributed by atoms with E-state index >= 15 is 0 Å². The highest BCUT2D eigenvalue weighted by Gasteiger charge is 2.27. The van der Waals surface area contributed by atoms with Gasteiger partial charge in [-0.3, -0.25) is 4.79 Å². The second-order valence-corrected chi connectivity index (χ2v) is 7.19. The number of ether oxygens (including phenoxy) is 1. The summed E-state index contributed by atoms with van der Waals surface area (Å²) in [5, 5.41) is 16.1. The van der Waals surface area contributed by atoms with Gasteiger partial charge in [0, 0.05) is 25.8 Å². The van der Waals surface area contributed by atoms with Crippen molar-refractivity contribution in [3.63, 3.8) is 0 Å². The first kappa shape index (κ1) is 21.1. The number of halogens is 1. The van der Waals surface area contributed by atoms with Crippen LogP contribution in [0.3, 0.4) is 0 Å². The van der Waals surface area contributed by atoms with Gasteiger partial charge in [-0.2, -0.15) is 4.98 Å². The van der Waals surface area contributed by atoms with Crippen LogP contribution in [0.1, 0.15) is 35.7 Å². The van der Waals surface area contributed by atoms with Crippen molar-refractivity contribution in [1.29, 1.82) is 0 Å². The zero-order valence-electron chi connectivity index (χ0n) is 16.6. The number of hydrogen-bond acceptors (Lipinski definition) is 7. The van der Waals surface area contributed by atoms with Crippen molar-refractivity contribution < 1.29 is 14.6 Å². The van der Waals surface area contributed by atoms with E-state index in [1.807, 2.05) is 24.0 Å². The van der Waals surface area contributed by atoms with Crippen LogP contribution in [0.5, 0.6) is 5.75 Å². The molecule has 1 aromatic carbocycles. The van der Waals surface area contributed by atoms with Gasteiger partial charge in [-0.05, 0) is 37.5 Å². The van der Waals surface area contributed by atoms with Crippen molar-refractivity contribution in [1.82, 2.24) is 15.3 Å². The van der Waals surface area contributed by atoms with E-state index in [4.69, 9.17) is 16.3 Å². The lowest BCUT2D eigenvalue weighted by Crippen LogP contribution is -2.34. The molecule has 1 aromatic heterocycles. The van der Waals surface area contributed by atoms with Crippen LogP contribution in [-0.2, 0) is 6.54 Å². The number of carbonyl (C=O) groups is 1. The Morgan fingerprint density at radius 1 is 1.45 bits per heavy atom. The summed E-state index contributed by atoms with van der Waals surface area (Å²) in [6, 6.07) is 5.50. The Morgan fingerprint density at radius 2 is 2.28 bits per heavy atom. The van der Waals surface area contributed by atoms with Gasteiger partial charge in [0.05, 0.1) is 24.8 Å². The number of nitrogens with one attached hydrogen (secondary N) is 2. The van der Waals surface area contributed by atoms with Crippen LogP contribution < -0.4 is 20.3 Å². The molecule has 0 radical (unpaired) electrons. The average molecular weight is 420 g/mol. The summed E-state index contributed by atoms with van der Waals surface area (Å²) in [5.41, 5.74) is 1.29. The number of anilines is 2. The molecule has 1 amide bonds. The Hall–Kier alpha value is -2.58. The number of aliphatic hydroxyl groups is 1. The first-order valence-corrected chi connectivity index (χ1v) is 10.0. The third-order valence-corrected chi connectivity index (χ3v) is 5.17. The number of carbonyl (C=O) groups excluding carboxylic acids is 1. The van der Waals surface area contributed by atoms with Gasteiger partial charge in [0.2, 0.25) is 5.95 Å². The molecule has 0 bridgehead atoms. The number of rotatable bonds is 8. The summed E-state index contributed by atoms with van der Waals surface area (Å²) in [7, 11) is 1.57. The molecule has 1 fully saturated rings. The fourth-order valence-electron chi connectivity index (χ4n) is 3.36. The highest BCUT2D eigenvalue weighted by Crippen LogP contribution is 2.27. The Labute approximate surface area is 175 Å². The summed E-state index contributed by atoms with van der Waals surface area (Å²) in [4.78, 5) is 23.4. The fraction of sp³-hybridized carbons (Fsp3) is 0.450. The molecular weight excluding hydrogens is 394 g/mol. The molecule has 0 aliphatic carbocycles. The van der Waals surface area contributed by atoms with Crippen LogP contribution in [0.25, 0.3) is 0 Å². The molecule has 2 aromatic rings. The lowest BCUT2D eigenvalue weighted by molar-refractivity contribution is 0.0956. The van der Waals surface area contributed by atoms with E-state index in [0.29, 0.717) is 41.2 Å². The molecule has 0 saturated carbocycles. The smallest absolute Gasteiger partial charge is 0.256 e. The molecule has 1 aliphatic heterocycles. The molecule has 0 spiro atoms. The van der Waals surface area contributed by atoms with Gasteiger partial charge in [0.1, 0.15) is 17.1 Å². The van der Waals surface area contributed by atoms with Crippen LogP contribution in [0.2, 0.25) is 5.02 Å². The number of methoxy groups -OCH3 is 1. The molecule has 1 saturated heterocycles. The van der Waals surface area contributed by atoms with Gasteiger partial charge < -0.3 is 25.4 Å². The van der Waals surface area contributed by atoms with Gasteiger partial charge in [-0.25, -0.2) is 4.98 Å². The highest BCUT2D eigenvalue weighted by molar-refractivity contribution is 6.32. The molecule has 29 heavy (non-hydrogen) atoms.